The van der Waals surface area contributed by atoms with E-state index in [1.54, 1.807) is 0 Å². The number of amides is 1. The molecule has 0 unspecified atom stereocenters. The van der Waals surface area contributed by atoms with Crippen LogP contribution in [0.2, 0.25) is 0 Å². The van der Waals surface area contributed by atoms with E-state index in [2.05, 4.69) is 10.1 Å². The first kappa shape index (κ1) is 30.0. The Kier molecular flexibility index (Phi) is 9.18. The minimum Gasteiger partial charge on any atom is -0.492 e. The number of hydrogen-bond donors (Lipinski definition) is 1. The van der Waals surface area contributed by atoms with Crippen LogP contribution in [-0.4, -0.2) is 70.0 Å². The highest BCUT2D eigenvalue weighted by molar-refractivity contribution is 5.94. The van der Waals surface area contributed by atoms with Gasteiger partial charge in [0.05, 0.1) is 18.8 Å². The van der Waals surface area contributed by atoms with E-state index in [1.807, 2.05) is 11.9 Å². The molecular weight excluding hydrogens is 543 g/mol. The minimum absolute atomic E-state index is 0.0197. The summed E-state index contributed by atoms with van der Waals surface area (Å²) in [6.07, 6.45) is -4.37. The van der Waals surface area contributed by atoms with Crippen molar-refractivity contribution in [3.8, 4) is 11.5 Å². The quantitative estimate of drug-likeness (QED) is 0.324. The number of nitrogens with zero attached hydrogens (tertiary/aromatic N) is 1. The van der Waals surface area contributed by atoms with Gasteiger partial charge in [-0.1, -0.05) is 6.07 Å². The minimum atomic E-state index is -4.99. The SMILES string of the molecule is COCO[C@@H]1C[C@H](COc2ccc([C@H](C)NC(=O)c3ccc4c(c3)COCC4(F)F)c(OC(F)(F)F)c2)N(C)C1. The summed E-state index contributed by atoms with van der Waals surface area (Å²) in [4.78, 5) is 14.9. The van der Waals surface area contributed by atoms with Gasteiger partial charge in [0, 0.05) is 42.5 Å². The van der Waals surface area contributed by atoms with E-state index in [0.717, 1.165) is 12.1 Å². The first-order valence-corrected chi connectivity index (χ1v) is 12.6. The molecule has 0 radical (unpaired) electrons. The van der Waals surface area contributed by atoms with Crippen molar-refractivity contribution >= 4 is 5.91 Å². The van der Waals surface area contributed by atoms with Crippen LogP contribution in [0.25, 0.3) is 0 Å². The molecule has 1 fully saturated rings. The number of halogens is 5. The van der Waals surface area contributed by atoms with E-state index in [0.29, 0.717) is 13.0 Å². The van der Waals surface area contributed by atoms with Gasteiger partial charge in [-0.05, 0) is 50.2 Å². The number of fused-ring (bicyclic) bond motifs is 1. The summed E-state index contributed by atoms with van der Waals surface area (Å²) in [5.41, 5.74) is 0.0701. The summed E-state index contributed by atoms with van der Waals surface area (Å²) in [7, 11) is 3.43. The monoisotopic (exact) mass is 574 g/mol. The number of methoxy groups -OCH3 is 1. The number of carbonyl (C=O) groups is 1. The fourth-order valence-electron chi connectivity index (χ4n) is 4.81. The molecule has 40 heavy (non-hydrogen) atoms. The lowest BCUT2D eigenvalue weighted by Crippen LogP contribution is -2.31. The molecule has 2 aliphatic rings. The zero-order valence-electron chi connectivity index (χ0n) is 22.2. The van der Waals surface area contributed by atoms with Gasteiger partial charge < -0.3 is 29.0 Å². The van der Waals surface area contributed by atoms with Gasteiger partial charge in [0.25, 0.3) is 11.8 Å². The Hall–Kier alpha value is -3.00. The van der Waals surface area contributed by atoms with Crippen molar-refractivity contribution in [3.63, 3.8) is 0 Å². The molecule has 2 aliphatic heterocycles. The highest BCUT2D eigenvalue weighted by Crippen LogP contribution is 2.37. The molecule has 8 nitrogen and oxygen atoms in total. The number of carbonyl (C=O) groups excluding carboxylic acids is 1. The van der Waals surface area contributed by atoms with Gasteiger partial charge in [0.2, 0.25) is 0 Å². The molecular formula is C27H31F5N2O6. The van der Waals surface area contributed by atoms with Crippen molar-refractivity contribution in [2.24, 2.45) is 0 Å². The molecule has 2 aromatic rings. The van der Waals surface area contributed by atoms with E-state index >= 15 is 0 Å². The molecule has 1 amide bonds. The smallest absolute Gasteiger partial charge is 0.492 e. The number of ether oxygens (including phenoxy) is 5. The van der Waals surface area contributed by atoms with Crippen LogP contribution in [0.1, 0.15) is 46.4 Å². The molecule has 1 saturated heterocycles. The first-order chi connectivity index (χ1) is 18.9. The molecule has 4 rings (SSSR count). The van der Waals surface area contributed by atoms with Crippen LogP contribution in [0.5, 0.6) is 11.5 Å². The third-order valence-corrected chi connectivity index (χ3v) is 6.84. The second-order valence-electron chi connectivity index (χ2n) is 9.85. The van der Waals surface area contributed by atoms with Crippen LogP contribution in [0.4, 0.5) is 22.0 Å². The molecule has 220 valence electrons. The Morgan fingerprint density at radius 2 is 2.00 bits per heavy atom. The largest absolute Gasteiger partial charge is 0.573 e. The molecule has 0 aliphatic carbocycles. The summed E-state index contributed by atoms with van der Waals surface area (Å²) < 4.78 is 93.3. The van der Waals surface area contributed by atoms with Crippen molar-refractivity contribution in [2.45, 2.75) is 50.4 Å². The van der Waals surface area contributed by atoms with E-state index in [9.17, 15) is 26.7 Å². The topological polar surface area (TPSA) is 78.5 Å². The maximum atomic E-state index is 14.0. The average Bonchev–Trinajstić information content (AvgIpc) is 3.23. The van der Waals surface area contributed by atoms with Crippen LogP contribution < -0.4 is 14.8 Å². The normalized spacial score (nSPS) is 21.5. The molecule has 2 heterocycles. The Morgan fingerprint density at radius 3 is 2.73 bits per heavy atom. The fourth-order valence-corrected chi connectivity index (χ4v) is 4.81. The van der Waals surface area contributed by atoms with Gasteiger partial charge in [-0.3, -0.25) is 9.69 Å². The summed E-state index contributed by atoms with van der Waals surface area (Å²) in [5, 5.41) is 2.60. The van der Waals surface area contributed by atoms with Crippen molar-refractivity contribution in [2.75, 3.05) is 40.7 Å². The van der Waals surface area contributed by atoms with Crippen molar-refractivity contribution in [3.05, 3.63) is 58.7 Å². The van der Waals surface area contributed by atoms with Crippen LogP contribution in [0.15, 0.2) is 36.4 Å². The molecule has 13 heteroatoms. The van der Waals surface area contributed by atoms with Crippen molar-refractivity contribution in [1.29, 1.82) is 0 Å². The molecule has 2 aromatic carbocycles. The van der Waals surface area contributed by atoms with Crippen LogP contribution in [-0.2, 0) is 26.7 Å². The Labute approximate surface area is 228 Å². The summed E-state index contributed by atoms with van der Waals surface area (Å²) in [6.45, 7) is 1.70. The zero-order chi connectivity index (χ0) is 29.1. The number of likely N-dealkylation sites (tertiary alicyclic amines) is 1. The van der Waals surface area contributed by atoms with Gasteiger partial charge in [0.1, 0.15) is 31.5 Å². The Morgan fingerprint density at radius 1 is 1.23 bits per heavy atom. The van der Waals surface area contributed by atoms with Gasteiger partial charge in [-0.25, -0.2) is 0 Å². The highest BCUT2D eigenvalue weighted by atomic mass is 19.4. The highest BCUT2D eigenvalue weighted by Gasteiger charge is 2.38. The van der Waals surface area contributed by atoms with Crippen LogP contribution in [0, 0.1) is 0 Å². The number of nitrogens with one attached hydrogen (secondary N) is 1. The predicted molar refractivity (Wildman–Crippen MR) is 132 cm³/mol. The second kappa shape index (κ2) is 12.2. The number of rotatable bonds is 10. The first-order valence-electron chi connectivity index (χ1n) is 12.6. The molecule has 1 N–H and O–H groups in total. The van der Waals surface area contributed by atoms with Crippen molar-refractivity contribution in [1.82, 2.24) is 10.2 Å². The summed E-state index contributed by atoms with van der Waals surface area (Å²) >= 11 is 0. The lowest BCUT2D eigenvalue weighted by atomic mass is 9.97. The third kappa shape index (κ3) is 7.39. The Balaban J connectivity index is 1.45. The zero-order valence-corrected chi connectivity index (χ0v) is 22.2. The molecule has 0 bridgehead atoms. The number of alkyl halides is 5. The molecule has 0 saturated carbocycles. The van der Waals surface area contributed by atoms with E-state index < -0.39 is 36.6 Å². The van der Waals surface area contributed by atoms with Gasteiger partial charge in [-0.15, -0.1) is 13.2 Å². The van der Waals surface area contributed by atoms with E-state index in [1.165, 1.54) is 38.3 Å². The molecule has 3 atom stereocenters. The maximum absolute atomic E-state index is 14.0. The molecule has 0 spiro atoms. The van der Waals surface area contributed by atoms with Gasteiger partial charge in [0.15, 0.2) is 0 Å². The summed E-state index contributed by atoms with van der Waals surface area (Å²) in [5.74, 6) is -4.20. The van der Waals surface area contributed by atoms with Crippen LogP contribution >= 0.6 is 0 Å². The fraction of sp³-hybridized carbons (Fsp3) is 0.519. The Bertz CT molecular complexity index is 1190. The predicted octanol–water partition coefficient (Wildman–Crippen LogP) is 4.77. The second-order valence-corrected chi connectivity index (χ2v) is 9.85. The summed E-state index contributed by atoms with van der Waals surface area (Å²) in [6, 6.07) is 6.75. The van der Waals surface area contributed by atoms with Crippen LogP contribution in [0.3, 0.4) is 0 Å². The van der Waals surface area contributed by atoms with E-state index in [-0.39, 0.29) is 60.2 Å². The number of likely N-dealkylation sites (N-methyl/N-ethyl adjacent to an activating group) is 1. The standard InChI is InChI=1S/C27H31F5N2O6/c1-16(33-25(35)17-4-7-23-18(8-17)12-37-14-26(23,28)29)22-6-5-20(10-24(22)40-27(30,31)32)38-13-19-9-21(11-34(19)2)39-15-36-3/h4-8,10,16,19,21H,9,11-15H2,1-3H3,(H,33,35)/t16-,19+,21+/m0/s1. The lowest BCUT2D eigenvalue weighted by Gasteiger charge is -2.26. The van der Waals surface area contributed by atoms with Crippen molar-refractivity contribution < 1.29 is 50.4 Å². The van der Waals surface area contributed by atoms with E-state index in [4.69, 9.17) is 18.9 Å². The molecule has 0 aromatic heterocycles. The average molecular weight is 575 g/mol. The number of hydrogen-bond acceptors (Lipinski definition) is 7. The number of benzene rings is 2. The maximum Gasteiger partial charge on any atom is 0.573 e. The third-order valence-electron chi connectivity index (χ3n) is 6.84. The van der Waals surface area contributed by atoms with Gasteiger partial charge >= 0.3 is 6.36 Å². The lowest BCUT2D eigenvalue weighted by molar-refractivity contribution is -0.275. The van der Waals surface area contributed by atoms with Gasteiger partial charge in [-0.2, -0.15) is 8.78 Å².